The van der Waals surface area contributed by atoms with E-state index in [2.05, 4.69) is 27.7 Å². The van der Waals surface area contributed by atoms with Gasteiger partial charge >= 0.3 is 5.96 Å². The monoisotopic (exact) mass is 800 g/mol. The van der Waals surface area contributed by atoms with Gasteiger partial charge in [-0.05, 0) is 70.3 Å². The molecule has 6 aromatic carbocycles. The lowest BCUT2D eigenvalue weighted by atomic mass is 9.92. The highest BCUT2D eigenvalue weighted by atomic mass is 35.5. The molecule has 0 saturated heterocycles. The number of anilines is 1. The minimum atomic E-state index is -0.971. The summed E-state index contributed by atoms with van der Waals surface area (Å²) in [5.41, 5.74) is 16.7. The minimum absolute atomic E-state index is 0. The minimum Gasteiger partial charge on any atom is -1.00 e. The number of nitrogens with two attached hydrogens (primary N) is 2. The zero-order valence-corrected chi connectivity index (χ0v) is 32.5. The van der Waals surface area contributed by atoms with Crippen LogP contribution in [0.25, 0.3) is 32.7 Å². The van der Waals surface area contributed by atoms with Crippen molar-refractivity contribution in [2.75, 3.05) is 25.1 Å². The van der Waals surface area contributed by atoms with E-state index in [1.54, 1.807) is 24.3 Å². The first-order valence-electron chi connectivity index (χ1n) is 18.5. The highest BCUT2D eigenvalue weighted by Gasteiger charge is 2.23. The summed E-state index contributed by atoms with van der Waals surface area (Å²) < 4.78 is 12.5. The number of fused-ring (bicyclic) bond motifs is 2. The largest absolute Gasteiger partial charge is 1.00 e. The number of rotatable bonds is 18. The summed E-state index contributed by atoms with van der Waals surface area (Å²) >= 11 is 0. The van der Waals surface area contributed by atoms with Crippen LogP contribution in [-0.4, -0.2) is 49.5 Å². The third kappa shape index (κ3) is 11.1. The molecule has 6 aromatic rings. The lowest BCUT2D eigenvalue weighted by Crippen LogP contribution is -3.00. The molecular formula is C45H45ClN6O6. The first-order chi connectivity index (χ1) is 27.8. The maximum Gasteiger partial charge on any atom is 0.338 e. The second-order valence-electron chi connectivity index (χ2n) is 13.1. The second-order valence-corrected chi connectivity index (χ2v) is 13.1. The zero-order valence-electron chi connectivity index (χ0n) is 31.7. The summed E-state index contributed by atoms with van der Waals surface area (Å²) in [6, 6.07) is 38.5. The van der Waals surface area contributed by atoms with Crippen molar-refractivity contribution < 1.29 is 46.1 Å². The molecule has 1 atom stereocenters. The first kappa shape index (κ1) is 42.3. The van der Waals surface area contributed by atoms with Gasteiger partial charge in [0, 0.05) is 22.4 Å². The van der Waals surface area contributed by atoms with Gasteiger partial charge in [0.2, 0.25) is 5.91 Å². The molecule has 12 nitrogen and oxygen atoms in total. The molecule has 0 heterocycles. The lowest BCUT2D eigenvalue weighted by molar-refractivity contribution is -0.459. The van der Waals surface area contributed by atoms with Crippen LogP contribution in [0.5, 0.6) is 11.5 Å². The molecule has 0 radical (unpaired) electrons. The van der Waals surface area contributed by atoms with E-state index >= 15 is 0 Å². The summed E-state index contributed by atoms with van der Waals surface area (Å²) in [5.74, 6) is -0.339. The standard InChI is InChI=1S/C45H44N6O6.ClH/c1-2-26-55-38-23-21-31-14-6-8-18-35(31)41(38)42-36-19-9-7-15-32(36)22-24-39(42)56-29-40(52)50-37(20-11-25-48-45(46)47)44(54)49-34-17-10-16-33(27-34)43(53)51-57-28-30-12-4-3-5-13-30;/h2-10,12-19,21-24,27,37H,1,11,20,25-26,28-29H2,(H,49,54)(H,50,52)(H,51,53)(H4,46,47,48);1H/t37-;/m1./s1. The first-order valence-corrected chi connectivity index (χ1v) is 18.5. The van der Waals surface area contributed by atoms with Gasteiger partial charge in [-0.15, -0.1) is 0 Å². The molecule has 6 rings (SSSR count). The fraction of sp³-hybridized carbons (Fsp3) is 0.156. The van der Waals surface area contributed by atoms with E-state index < -0.39 is 23.8 Å². The molecule has 58 heavy (non-hydrogen) atoms. The third-order valence-electron chi connectivity index (χ3n) is 9.04. The predicted molar refractivity (Wildman–Crippen MR) is 222 cm³/mol. The van der Waals surface area contributed by atoms with Gasteiger partial charge in [0.05, 0.1) is 13.2 Å². The number of halogens is 1. The number of amides is 3. The molecule has 0 fully saturated rings. The van der Waals surface area contributed by atoms with Crippen molar-refractivity contribution in [2.24, 2.45) is 11.5 Å². The van der Waals surface area contributed by atoms with Crippen LogP contribution in [0.1, 0.15) is 28.8 Å². The number of carbonyl (C=O) groups excluding carboxylic acids is 3. The van der Waals surface area contributed by atoms with E-state index in [1.165, 1.54) is 6.07 Å². The fourth-order valence-electron chi connectivity index (χ4n) is 6.38. The van der Waals surface area contributed by atoms with Gasteiger partial charge in [-0.25, -0.2) is 5.48 Å². The predicted octanol–water partition coefficient (Wildman–Crippen LogP) is 1.73. The number of benzene rings is 6. The Morgan fingerprint density at radius 2 is 1.40 bits per heavy atom. The second kappa shape index (κ2) is 20.9. The van der Waals surface area contributed by atoms with Gasteiger partial charge in [0.25, 0.3) is 11.8 Å². The Bertz CT molecular complexity index is 2400. The molecule has 0 saturated carbocycles. The topological polar surface area (TPSA) is 181 Å². The van der Waals surface area contributed by atoms with E-state index in [1.807, 2.05) is 103 Å². The molecule has 0 aromatic heterocycles. The van der Waals surface area contributed by atoms with Crippen LogP contribution in [0.4, 0.5) is 5.69 Å². The fourth-order valence-corrected chi connectivity index (χ4v) is 6.38. The molecule has 0 bridgehead atoms. The molecule has 8 N–H and O–H groups in total. The Morgan fingerprint density at radius 1 is 0.759 bits per heavy atom. The third-order valence-corrected chi connectivity index (χ3v) is 9.04. The van der Waals surface area contributed by atoms with Gasteiger partial charge in [0.1, 0.15) is 24.1 Å². The number of hydrogen-bond donors (Lipinski definition) is 6. The van der Waals surface area contributed by atoms with Crippen molar-refractivity contribution >= 4 is 50.9 Å². The van der Waals surface area contributed by atoms with E-state index in [0.29, 0.717) is 36.8 Å². The van der Waals surface area contributed by atoms with Gasteiger partial charge in [-0.1, -0.05) is 110 Å². The molecule has 0 aliphatic heterocycles. The summed E-state index contributed by atoms with van der Waals surface area (Å²) in [4.78, 5) is 48.4. The highest BCUT2D eigenvalue weighted by molar-refractivity contribution is 6.10. The van der Waals surface area contributed by atoms with Gasteiger partial charge in [-0.3, -0.25) is 35.7 Å². The van der Waals surface area contributed by atoms with Crippen molar-refractivity contribution in [3.8, 4) is 22.6 Å². The maximum atomic E-state index is 13.7. The lowest BCUT2D eigenvalue weighted by Gasteiger charge is -2.21. The molecule has 0 spiro atoms. The van der Waals surface area contributed by atoms with Crippen LogP contribution in [0.2, 0.25) is 0 Å². The number of nitrogens with one attached hydrogen (secondary N) is 4. The number of guanidine groups is 1. The molecule has 0 unspecified atom stereocenters. The van der Waals surface area contributed by atoms with Crippen molar-refractivity contribution in [3.63, 3.8) is 0 Å². The molecule has 0 aliphatic rings. The number of hydroxylamine groups is 1. The zero-order chi connectivity index (χ0) is 40.0. The SMILES string of the molecule is C=CCOc1ccc2ccccc2c1-c1c(OCC(=O)N[C@H](CCC[NH+]=C(N)N)C(=O)Nc2cccc(C(=O)NOCc3ccccc3)c2)ccc2ccccc12.[Cl-]. The molecular weight excluding hydrogens is 756 g/mol. The summed E-state index contributed by atoms with van der Waals surface area (Å²) in [7, 11) is 0. The molecule has 298 valence electrons. The van der Waals surface area contributed by atoms with Crippen LogP contribution in [0.15, 0.2) is 140 Å². The van der Waals surface area contributed by atoms with E-state index in [4.69, 9.17) is 25.8 Å². The Kier molecular flexibility index (Phi) is 15.2. The van der Waals surface area contributed by atoms with Crippen molar-refractivity contribution in [1.29, 1.82) is 0 Å². The summed E-state index contributed by atoms with van der Waals surface area (Å²) in [6.07, 6.45) is 2.38. The van der Waals surface area contributed by atoms with E-state index in [-0.39, 0.29) is 43.6 Å². The quantitative estimate of drug-likeness (QED) is 0.0250. The van der Waals surface area contributed by atoms with E-state index in [9.17, 15) is 14.4 Å². The van der Waals surface area contributed by atoms with Crippen LogP contribution >= 0.6 is 0 Å². The smallest absolute Gasteiger partial charge is 0.338 e. The van der Waals surface area contributed by atoms with Gasteiger partial charge in [0.15, 0.2) is 6.61 Å². The number of ether oxygens (including phenoxy) is 2. The van der Waals surface area contributed by atoms with Crippen molar-refractivity contribution in [1.82, 2.24) is 10.8 Å². The molecule has 13 heteroatoms. The molecule has 0 aliphatic carbocycles. The average Bonchev–Trinajstić information content (AvgIpc) is 3.23. The van der Waals surface area contributed by atoms with Gasteiger partial charge < -0.3 is 32.5 Å². The van der Waals surface area contributed by atoms with Crippen molar-refractivity contribution in [3.05, 3.63) is 151 Å². The average molecular weight is 801 g/mol. The van der Waals surface area contributed by atoms with Crippen LogP contribution in [-0.2, 0) is 21.0 Å². The highest BCUT2D eigenvalue weighted by Crippen LogP contribution is 2.45. The molecule has 3 amide bonds. The Morgan fingerprint density at radius 3 is 2.05 bits per heavy atom. The number of hydrogen-bond acceptors (Lipinski definition) is 6. The Hall–Kier alpha value is -6.89. The van der Waals surface area contributed by atoms with Crippen molar-refractivity contribution in [2.45, 2.75) is 25.5 Å². The van der Waals surface area contributed by atoms with Crippen LogP contribution in [0.3, 0.4) is 0 Å². The summed E-state index contributed by atoms with van der Waals surface area (Å²) in [5, 5.41) is 9.51. The number of carbonyl (C=O) groups is 3. The normalized spacial score (nSPS) is 11.1. The van der Waals surface area contributed by atoms with Crippen LogP contribution < -0.4 is 54.5 Å². The van der Waals surface area contributed by atoms with Gasteiger partial charge in [-0.2, -0.15) is 0 Å². The Labute approximate surface area is 342 Å². The maximum absolute atomic E-state index is 13.7. The Balaban J connectivity index is 0.00000641. The summed E-state index contributed by atoms with van der Waals surface area (Å²) in [6.45, 7) is 4.29. The van der Waals surface area contributed by atoms with Crippen LogP contribution in [0, 0.1) is 0 Å². The van der Waals surface area contributed by atoms with E-state index in [0.717, 1.165) is 38.2 Å².